The first-order valence-corrected chi connectivity index (χ1v) is 7.27. The number of pyridine rings is 1. The number of hydrogen-bond donors (Lipinski definition) is 3. The lowest BCUT2D eigenvalue weighted by atomic mass is 10.2. The average Bonchev–Trinajstić information content (AvgIpc) is 3.02. The molecule has 0 spiro atoms. The minimum atomic E-state index is -0.477. The number of hydrogen-bond acceptors (Lipinski definition) is 7. The van der Waals surface area contributed by atoms with Gasteiger partial charge in [0.2, 0.25) is 17.3 Å². The van der Waals surface area contributed by atoms with Crippen molar-refractivity contribution in [3.63, 3.8) is 0 Å². The normalized spacial score (nSPS) is 10.2. The van der Waals surface area contributed by atoms with Crippen molar-refractivity contribution in [2.24, 2.45) is 0 Å². The third kappa shape index (κ3) is 5.23. The predicted octanol–water partition coefficient (Wildman–Crippen LogP) is 0.177. The summed E-state index contributed by atoms with van der Waals surface area (Å²) in [5.74, 6) is 0.0589. The molecule has 24 heavy (non-hydrogen) atoms. The summed E-state index contributed by atoms with van der Waals surface area (Å²) < 4.78 is 9.73. The van der Waals surface area contributed by atoms with E-state index in [1.807, 2.05) is 0 Å². The first-order valence-electron chi connectivity index (χ1n) is 7.27. The summed E-state index contributed by atoms with van der Waals surface area (Å²) in [6.45, 7) is 2.19. The van der Waals surface area contributed by atoms with Gasteiger partial charge in [-0.1, -0.05) is 5.16 Å². The first-order chi connectivity index (χ1) is 11.6. The minimum Gasteiger partial charge on any atom is -0.466 e. The van der Waals surface area contributed by atoms with Crippen LogP contribution in [0.5, 0.6) is 0 Å². The SMILES string of the molecule is CCOC(=O)CCNC(=O)NCc1nc(-c2cc[nH]c(=O)c2)no1. The highest BCUT2D eigenvalue weighted by molar-refractivity contribution is 5.75. The van der Waals surface area contributed by atoms with Gasteiger partial charge in [-0.15, -0.1) is 0 Å². The number of aromatic amines is 1. The zero-order valence-corrected chi connectivity index (χ0v) is 13.0. The lowest BCUT2D eigenvalue weighted by molar-refractivity contribution is -0.142. The Morgan fingerprint density at radius 2 is 2.21 bits per heavy atom. The van der Waals surface area contributed by atoms with Crippen molar-refractivity contribution in [1.29, 1.82) is 0 Å². The van der Waals surface area contributed by atoms with Crippen LogP contribution >= 0.6 is 0 Å². The molecule has 2 aromatic heterocycles. The fourth-order valence-corrected chi connectivity index (χ4v) is 1.76. The Labute approximate surface area is 136 Å². The lowest BCUT2D eigenvalue weighted by Gasteiger charge is -2.05. The van der Waals surface area contributed by atoms with Crippen molar-refractivity contribution < 1.29 is 18.8 Å². The van der Waals surface area contributed by atoms with Gasteiger partial charge in [-0.25, -0.2) is 4.79 Å². The number of carbonyl (C=O) groups is 2. The smallest absolute Gasteiger partial charge is 0.315 e. The van der Waals surface area contributed by atoms with Crippen LogP contribution in [0.25, 0.3) is 11.4 Å². The largest absolute Gasteiger partial charge is 0.466 e. The Morgan fingerprint density at radius 1 is 1.38 bits per heavy atom. The maximum Gasteiger partial charge on any atom is 0.315 e. The molecule has 0 saturated heterocycles. The van der Waals surface area contributed by atoms with Crippen molar-refractivity contribution in [1.82, 2.24) is 25.8 Å². The predicted molar refractivity (Wildman–Crippen MR) is 81.8 cm³/mol. The van der Waals surface area contributed by atoms with Gasteiger partial charge in [0.1, 0.15) is 0 Å². The molecule has 2 aromatic rings. The molecule has 10 nitrogen and oxygen atoms in total. The highest BCUT2D eigenvalue weighted by Crippen LogP contribution is 2.12. The zero-order chi connectivity index (χ0) is 17.4. The summed E-state index contributed by atoms with van der Waals surface area (Å²) in [5, 5.41) is 8.76. The van der Waals surface area contributed by atoms with Crippen LogP contribution in [0.2, 0.25) is 0 Å². The average molecular weight is 335 g/mol. The molecule has 0 saturated carbocycles. The number of nitrogens with one attached hydrogen (secondary N) is 3. The molecule has 10 heteroatoms. The molecule has 0 aliphatic heterocycles. The monoisotopic (exact) mass is 335 g/mol. The molecular formula is C14H17N5O5. The quantitative estimate of drug-likeness (QED) is 0.613. The number of urea groups is 1. The maximum absolute atomic E-state index is 11.6. The van der Waals surface area contributed by atoms with Crippen molar-refractivity contribution in [2.45, 2.75) is 19.9 Å². The van der Waals surface area contributed by atoms with Gasteiger partial charge in [-0.3, -0.25) is 9.59 Å². The summed E-state index contributed by atoms with van der Waals surface area (Å²) in [5.41, 5.74) is 0.227. The standard InChI is InChI=1S/C14H17N5O5/c1-2-23-12(21)4-6-16-14(22)17-8-11-18-13(19-24-11)9-3-5-15-10(20)7-9/h3,5,7H,2,4,6,8H2,1H3,(H,15,20)(H2,16,17,22). The van der Waals surface area contributed by atoms with Crippen LogP contribution in [0.4, 0.5) is 4.79 Å². The van der Waals surface area contributed by atoms with Crippen LogP contribution in [0, 0.1) is 0 Å². The summed E-state index contributed by atoms with van der Waals surface area (Å²) in [6, 6.07) is 2.49. The number of carbonyl (C=O) groups excluding carboxylic acids is 2. The molecule has 0 aliphatic rings. The molecule has 0 atom stereocenters. The fraction of sp³-hybridized carbons (Fsp3) is 0.357. The number of rotatable bonds is 7. The second-order valence-electron chi connectivity index (χ2n) is 4.62. The van der Waals surface area contributed by atoms with Crippen molar-refractivity contribution in [2.75, 3.05) is 13.2 Å². The van der Waals surface area contributed by atoms with E-state index >= 15 is 0 Å². The van der Waals surface area contributed by atoms with Crippen LogP contribution in [0.3, 0.4) is 0 Å². The first kappa shape index (κ1) is 17.2. The van der Waals surface area contributed by atoms with E-state index in [-0.39, 0.29) is 42.8 Å². The van der Waals surface area contributed by atoms with Crippen LogP contribution < -0.4 is 16.2 Å². The van der Waals surface area contributed by atoms with Crippen molar-refractivity contribution in [3.8, 4) is 11.4 Å². The Hall–Kier alpha value is -3.17. The van der Waals surface area contributed by atoms with E-state index in [1.165, 1.54) is 12.3 Å². The number of H-pyrrole nitrogens is 1. The summed E-state index contributed by atoms with van der Waals surface area (Å²) in [4.78, 5) is 40.5. The Morgan fingerprint density at radius 3 is 2.96 bits per heavy atom. The van der Waals surface area contributed by atoms with Gasteiger partial charge in [0.05, 0.1) is 19.6 Å². The number of esters is 1. The number of nitrogens with zero attached hydrogens (tertiary/aromatic N) is 2. The molecular weight excluding hydrogens is 318 g/mol. The van der Waals surface area contributed by atoms with Gasteiger partial charge in [0, 0.05) is 24.4 Å². The number of aromatic nitrogens is 3. The second-order valence-corrected chi connectivity index (χ2v) is 4.62. The van der Waals surface area contributed by atoms with Gasteiger partial charge >= 0.3 is 12.0 Å². The van der Waals surface area contributed by atoms with Crippen LogP contribution in [0.1, 0.15) is 19.2 Å². The molecule has 0 radical (unpaired) electrons. The topological polar surface area (TPSA) is 139 Å². The second kappa shape index (κ2) is 8.46. The number of ether oxygens (including phenoxy) is 1. The maximum atomic E-state index is 11.6. The highest BCUT2D eigenvalue weighted by Gasteiger charge is 2.10. The molecule has 0 unspecified atom stereocenters. The molecule has 128 valence electrons. The molecule has 0 aromatic carbocycles. The van der Waals surface area contributed by atoms with Crippen LogP contribution in [-0.4, -0.2) is 40.3 Å². The molecule has 3 N–H and O–H groups in total. The van der Waals surface area contributed by atoms with Crippen LogP contribution in [0.15, 0.2) is 27.6 Å². The van der Waals surface area contributed by atoms with Gasteiger partial charge < -0.3 is 24.9 Å². The summed E-state index contributed by atoms with van der Waals surface area (Å²) in [6.07, 6.45) is 1.57. The summed E-state index contributed by atoms with van der Waals surface area (Å²) >= 11 is 0. The van der Waals surface area contributed by atoms with E-state index in [9.17, 15) is 14.4 Å². The van der Waals surface area contributed by atoms with E-state index in [0.717, 1.165) is 0 Å². The van der Waals surface area contributed by atoms with Gasteiger partial charge in [-0.05, 0) is 13.0 Å². The third-order valence-electron chi connectivity index (χ3n) is 2.82. The molecule has 2 amide bonds. The third-order valence-corrected chi connectivity index (χ3v) is 2.82. The molecule has 2 heterocycles. The van der Waals surface area contributed by atoms with Crippen molar-refractivity contribution in [3.05, 3.63) is 34.6 Å². The highest BCUT2D eigenvalue weighted by atomic mass is 16.5. The van der Waals surface area contributed by atoms with Gasteiger partial charge in [0.15, 0.2) is 0 Å². The summed E-state index contributed by atoms with van der Waals surface area (Å²) in [7, 11) is 0. The van der Waals surface area contributed by atoms with Crippen LogP contribution in [-0.2, 0) is 16.1 Å². The minimum absolute atomic E-state index is 0.0153. The Kier molecular flexibility index (Phi) is 6.06. The lowest BCUT2D eigenvalue weighted by Crippen LogP contribution is -2.36. The van der Waals surface area contributed by atoms with Crippen molar-refractivity contribution >= 4 is 12.0 Å². The van der Waals surface area contributed by atoms with Gasteiger partial charge in [-0.2, -0.15) is 4.98 Å². The van der Waals surface area contributed by atoms with E-state index in [0.29, 0.717) is 12.2 Å². The number of amides is 2. The van der Waals surface area contributed by atoms with E-state index in [4.69, 9.17) is 9.26 Å². The molecule has 0 aliphatic carbocycles. The Balaban J connectivity index is 1.77. The van der Waals surface area contributed by atoms with E-state index in [1.54, 1.807) is 13.0 Å². The molecule has 0 fully saturated rings. The fourth-order valence-electron chi connectivity index (χ4n) is 1.76. The zero-order valence-electron chi connectivity index (χ0n) is 13.0. The van der Waals surface area contributed by atoms with E-state index < -0.39 is 6.03 Å². The Bertz CT molecular complexity index is 754. The van der Waals surface area contributed by atoms with Gasteiger partial charge in [0.25, 0.3) is 0 Å². The molecule has 2 rings (SSSR count). The molecule has 0 bridgehead atoms. The van der Waals surface area contributed by atoms with E-state index in [2.05, 4.69) is 25.8 Å².